The van der Waals surface area contributed by atoms with Gasteiger partial charge in [-0.05, 0) is 78.0 Å². The molecule has 51 heavy (non-hydrogen) atoms. The minimum Gasteiger partial charge on any atom is -0.497 e. The van der Waals surface area contributed by atoms with Crippen molar-refractivity contribution in [2.45, 2.75) is 39.4 Å². The van der Waals surface area contributed by atoms with E-state index in [1.54, 1.807) is 28.3 Å². The first kappa shape index (κ1) is 41.4. The van der Waals surface area contributed by atoms with Gasteiger partial charge >= 0.3 is 11.5 Å². The van der Waals surface area contributed by atoms with Crippen LogP contribution in [0.4, 0.5) is 0 Å². The van der Waals surface area contributed by atoms with Gasteiger partial charge in [0.05, 0.1) is 47.6 Å². The molecule has 13 nitrogen and oxygen atoms in total. The summed E-state index contributed by atoms with van der Waals surface area (Å²) >= 11 is 5.58. The van der Waals surface area contributed by atoms with Crippen molar-refractivity contribution < 1.29 is 28.8 Å². The van der Waals surface area contributed by atoms with Gasteiger partial charge in [0.2, 0.25) is 5.69 Å². The van der Waals surface area contributed by atoms with Crippen LogP contribution in [0.5, 0.6) is 17.2 Å². The van der Waals surface area contributed by atoms with Gasteiger partial charge in [-0.3, -0.25) is 4.79 Å². The average Bonchev–Trinajstić information content (AvgIpc) is 3.55. The van der Waals surface area contributed by atoms with Crippen molar-refractivity contribution in [1.82, 2.24) is 15.0 Å². The molecule has 5 rings (SSSR count). The maximum atomic E-state index is 11.9. The molecule has 0 aliphatic heterocycles. The first-order chi connectivity index (χ1) is 24.7. The fraction of sp³-hybridized carbons (Fsp3) is 0.270. The van der Waals surface area contributed by atoms with Gasteiger partial charge in [-0.1, -0.05) is 71.3 Å². The SMILES string of the molecule is CCOC(=O)c1n[nH]n(Cc2ccc(C)cc2)c1=O.COc1ccc(CCl)cc1.COc1ccc(CN=[N+]=[N-])cc1.COc1ccc(CO)cc1. The second kappa shape index (κ2) is 23.6. The number of hydrogen-bond donors (Lipinski definition) is 2. The summed E-state index contributed by atoms with van der Waals surface area (Å²) in [5, 5.41) is 18.3. The van der Waals surface area contributed by atoms with Crippen LogP contribution in [-0.2, 0) is 30.3 Å². The molecule has 0 saturated carbocycles. The number of carbonyl (C=O) groups excluding carboxylic acids is 1. The molecule has 0 fully saturated rings. The normalized spacial score (nSPS) is 9.63. The Morgan fingerprint density at radius 1 is 0.824 bits per heavy atom. The second-order valence-corrected chi connectivity index (χ2v) is 10.6. The number of hydrogen-bond acceptors (Lipinski definition) is 9. The molecule has 4 aromatic carbocycles. The molecule has 0 spiro atoms. The third kappa shape index (κ3) is 15.1. The van der Waals surface area contributed by atoms with Crippen molar-refractivity contribution in [2.75, 3.05) is 27.9 Å². The molecule has 14 heteroatoms. The molecule has 0 aliphatic rings. The van der Waals surface area contributed by atoms with Crippen LogP contribution in [0.15, 0.2) is 107 Å². The Balaban J connectivity index is 0.000000246. The summed E-state index contributed by atoms with van der Waals surface area (Å²) in [6.07, 6.45) is 0. The van der Waals surface area contributed by atoms with Gasteiger partial charge in [-0.15, -0.1) is 16.7 Å². The van der Waals surface area contributed by atoms with Crippen LogP contribution >= 0.6 is 11.6 Å². The number of esters is 1. The highest BCUT2D eigenvalue weighted by Crippen LogP contribution is 2.13. The zero-order valence-electron chi connectivity index (χ0n) is 29.3. The zero-order chi connectivity index (χ0) is 37.4. The molecule has 2 N–H and O–H groups in total. The first-order valence-electron chi connectivity index (χ1n) is 15.7. The summed E-state index contributed by atoms with van der Waals surface area (Å²) in [6, 6.07) is 30.2. The number of aliphatic hydroxyl groups excluding tert-OH is 1. The Morgan fingerprint density at radius 3 is 1.73 bits per heavy atom. The Labute approximate surface area is 301 Å². The van der Waals surface area contributed by atoms with E-state index in [0.29, 0.717) is 19.0 Å². The first-order valence-corrected chi connectivity index (χ1v) is 16.2. The number of benzene rings is 4. The van der Waals surface area contributed by atoms with Crippen LogP contribution < -0.4 is 19.8 Å². The summed E-state index contributed by atoms with van der Waals surface area (Å²) in [6.45, 7) is 4.69. The van der Waals surface area contributed by atoms with Gasteiger partial charge in [0, 0.05) is 10.8 Å². The molecule has 270 valence electrons. The monoisotopic (exact) mass is 718 g/mol. The largest absolute Gasteiger partial charge is 0.497 e. The van der Waals surface area contributed by atoms with Crippen LogP contribution in [0, 0.1) is 6.92 Å². The molecule has 1 aromatic heterocycles. The van der Waals surface area contributed by atoms with Gasteiger partial charge in [-0.25, -0.2) is 14.7 Å². The molecule has 1 heterocycles. The van der Waals surface area contributed by atoms with E-state index < -0.39 is 11.5 Å². The quantitative estimate of drug-likeness (QED) is 0.0473. The lowest BCUT2D eigenvalue weighted by molar-refractivity contribution is 0.0517. The van der Waals surface area contributed by atoms with Crippen molar-refractivity contribution >= 4 is 17.6 Å². The smallest absolute Gasteiger partial charge is 0.364 e. The number of aromatic amines is 1. The van der Waals surface area contributed by atoms with Gasteiger partial charge in [-0.2, -0.15) is 0 Å². The number of H-pyrrole nitrogens is 1. The minimum atomic E-state index is -0.702. The lowest BCUT2D eigenvalue weighted by Gasteiger charge is -2.01. The predicted octanol–water partition coefficient (Wildman–Crippen LogP) is 7.23. The molecule has 0 unspecified atom stereocenters. The van der Waals surface area contributed by atoms with E-state index in [2.05, 4.69) is 20.3 Å². The number of methoxy groups -OCH3 is 3. The second-order valence-electron chi connectivity index (χ2n) is 10.4. The van der Waals surface area contributed by atoms with Crippen molar-refractivity contribution in [2.24, 2.45) is 5.11 Å². The third-order valence-corrected chi connectivity index (χ3v) is 7.10. The van der Waals surface area contributed by atoms with Crippen LogP contribution in [0.2, 0.25) is 0 Å². The summed E-state index contributed by atoms with van der Waals surface area (Å²) in [5.41, 5.74) is 12.5. The average molecular weight is 719 g/mol. The molecular weight excluding hydrogens is 676 g/mol. The highest BCUT2D eigenvalue weighted by Gasteiger charge is 2.17. The Kier molecular flexibility index (Phi) is 19.1. The molecule has 0 atom stereocenters. The van der Waals surface area contributed by atoms with Crippen LogP contribution in [0.3, 0.4) is 0 Å². The number of carbonyl (C=O) groups is 1. The summed E-state index contributed by atoms with van der Waals surface area (Å²) in [7, 11) is 4.88. The van der Waals surface area contributed by atoms with E-state index in [4.69, 9.17) is 41.2 Å². The minimum absolute atomic E-state index is 0.0873. The van der Waals surface area contributed by atoms with E-state index in [-0.39, 0.29) is 18.9 Å². The third-order valence-electron chi connectivity index (χ3n) is 6.79. The van der Waals surface area contributed by atoms with Crippen LogP contribution in [0.1, 0.15) is 45.2 Å². The number of alkyl halides is 1. The van der Waals surface area contributed by atoms with Gasteiger partial charge in [0.15, 0.2) is 0 Å². The molecular formula is C37H43ClN6O7. The number of aromatic nitrogens is 3. The number of nitrogens with zero attached hydrogens (tertiary/aromatic N) is 5. The maximum absolute atomic E-state index is 11.9. The number of halogens is 1. The van der Waals surface area contributed by atoms with Gasteiger partial charge in [0.25, 0.3) is 0 Å². The molecule has 0 saturated heterocycles. The van der Waals surface area contributed by atoms with Gasteiger partial charge < -0.3 is 24.1 Å². The number of azide groups is 1. The fourth-order valence-corrected chi connectivity index (χ4v) is 4.12. The number of aliphatic hydroxyl groups is 1. The van der Waals surface area contributed by atoms with Crippen molar-refractivity contribution in [3.8, 4) is 17.2 Å². The highest BCUT2D eigenvalue weighted by molar-refractivity contribution is 6.17. The van der Waals surface area contributed by atoms with E-state index >= 15 is 0 Å². The number of nitrogens with one attached hydrogen (secondary N) is 1. The van der Waals surface area contributed by atoms with E-state index in [0.717, 1.165) is 45.1 Å². The zero-order valence-corrected chi connectivity index (χ0v) is 30.0. The number of aryl methyl sites for hydroxylation is 1. The van der Waals surface area contributed by atoms with Gasteiger partial charge in [0.1, 0.15) is 17.2 Å². The van der Waals surface area contributed by atoms with Crippen LogP contribution in [0.25, 0.3) is 10.4 Å². The number of rotatable bonds is 11. The van der Waals surface area contributed by atoms with E-state index in [1.165, 1.54) is 4.68 Å². The van der Waals surface area contributed by atoms with E-state index in [1.807, 2.05) is 104 Å². The Morgan fingerprint density at radius 2 is 1.29 bits per heavy atom. The summed E-state index contributed by atoms with van der Waals surface area (Å²) < 4.78 is 20.9. The van der Waals surface area contributed by atoms with Crippen molar-refractivity contribution in [3.63, 3.8) is 0 Å². The summed E-state index contributed by atoms with van der Waals surface area (Å²) in [4.78, 5) is 26.1. The predicted molar refractivity (Wildman–Crippen MR) is 196 cm³/mol. The Bertz CT molecular complexity index is 1730. The molecule has 5 aromatic rings. The topological polar surface area (TPSA) is 174 Å². The van der Waals surface area contributed by atoms with E-state index in [9.17, 15) is 9.59 Å². The number of ether oxygens (including phenoxy) is 4. The molecule has 0 bridgehead atoms. The highest BCUT2D eigenvalue weighted by atomic mass is 35.5. The lowest BCUT2D eigenvalue weighted by Crippen LogP contribution is -2.23. The molecule has 0 aliphatic carbocycles. The van der Waals surface area contributed by atoms with Crippen molar-refractivity contribution in [1.29, 1.82) is 0 Å². The molecule has 0 radical (unpaired) electrons. The Hall–Kier alpha value is -5.75. The summed E-state index contributed by atoms with van der Waals surface area (Å²) in [5.74, 6) is 2.35. The lowest BCUT2D eigenvalue weighted by atomic mass is 10.1. The van der Waals surface area contributed by atoms with Crippen LogP contribution in [-0.4, -0.2) is 54.0 Å². The maximum Gasteiger partial charge on any atom is 0.364 e. The molecule has 0 amide bonds. The fourth-order valence-electron chi connectivity index (χ4n) is 3.94. The van der Waals surface area contributed by atoms with Crippen molar-refractivity contribution in [3.05, 3.63) is 151 Å². The standard InChI is InChI=1S/C13H15N3O3.C8H9ClO.C8H9N3O.C8H10O2/c1-3-19-13(18)11-12(17)16(15-14-11)8-10-6-4-9(2)5-7-10;1-10-8-4-2-7(6-9)3-5-8;1-12-8-4-2-7(3-5-8)6-10-11-9;1-10-8-4-2-7(6-9)3-5-8/h4-7,15H,3,8H2,1-2H3;2-5H,6H2,1H3;2-5H,6H2,1H3;2-5,9H,6H2,1H3.